The Kier molecular flexibility index (Phi) is 5.87. The van der Waals surface area contributed by atoms with Gasteiger partial charge in [-0.2, -0.15) is 26.3 Å². The Morgan fingerprint density at radius 2 is 1.15 bits per heavy atom. The van der Waals surface area contributed by atoms with E-state index in [0.29, 0.717) is 0 Å². The van der Waals surface area contributed by atoms with Crippen molar-refractivity contribution in [1.82, 2.24) is 0 Å². The van der Waals surface area contributed by atoms with Gasteiger partial charge in [0, 0.05) is 0 Å². The molecule has 0 aliphatic heterocycles. The van der Waals surface area contributed by atoms with Crippen LogP contribution in [-0.2, 0) is 22.4 Å². The molecule has 0 atom stereocenters. The average Bonchev–Trinajstić information content (AvgIpc) is 2.50. The summed E-state index contributed by atoms with van der Waals surface area (Å²) in [5.74, 6) is 0. The highest BCUT2D eigenvalue weighted by Gasteiger charge is 2.38. The molecule has 148 valence electrons. The minimum absolute atomic E-state index is 0.0389. The van der Waals surface area contributed by atoms with Crippen LogP contribution in [0.5, 0.6) is 0 Å². The molecule has 0 saturated heterocycles. The lowest BCUT2D eigenvalue weighted by atomic mass is 10.1. The van der Waals surface area contributed by atoms with Crippen molar-refractivity contribution in [2.45, 2.75) is 17.2 Å². The SMILES string of the molecule is O=S(=O)(Nc1cc(Cl)c(Cl)cc1Cl)c1cc(C(F)(F)F)cc(C(F)(F)F)c1. The van der Waals surface area contributed by atoms with E-state index in [9.17, 15) is 34.8 Å². The Morgan fingerprint density at radius 1 is 0.704 bits per heavy atom. The monoisotopic (exact) mass is 471 g/mol. The third-order valence-electron chi connectivity index (χ3n) is 3.13. The van der Waals surface area contributed by atoms with Crippen molar-refractivity contribution in [3.8, 4) is 0 Å². The lowest BCUT2D eigenvalue weighted by Gasteiger charge is -2.15. The lowest BCUT2D eigenvalue weighted by Crippen LogP contribution is -2.17. The van der Waals surface area contributed by atoms with E-state index in [1.54, 1.807) is 4.72 Å². The third kappa shape index (κ3) is 5.13. The first-order chi connectivity index (χ1) is 12.1. The first-order valence-electron chi connectivity index (χ1n) is 6.58. The molecule has 0 fully saturated rings. The van der Waals surface area contributed by atoms with Crippen molar-refractivity contribution >= 4 is 50.5 Å². The van der Waals surface area contributed by atoms with Crippen LogP contribution in [0.4, 0.5) is 32.0 Å². The zero-order valence-corrected chi connectivity index (χ0v) is 15.6. The fourth-order valence-corrected chi connectivity index (χ4v) is 3.68. The predicted octanol–water partition coefficient (Wildman–Crippen LogP) is 6.49. The molecule has 0 spiro atoms. The van der Waals surface area contributed by atoms with Crippen LogP contribution in [0.25, 0.3) is 0 Å². The van der Waals surface area contributed by atoms with E-state index in [-0.39, 0.29) is 39.0 Å². The Balaban J connectivity index is 2.60. The van der Waals surface area contributed by atoms with Crippen molar-refractivity contribution in [2.75, 3.05) is 4.72 Å². The molecule has 0 radical (unpaired) electrons. The fourth-order valence-electron chi connectivity index (χ4n) is 1.89. The second kappa shape index (κ2) is 7.23. The zero-order chi connectivity index (χ0) is 20.8. The van der Waals surface area contributed by atoms with Gasteiger partial charge in [-0.05, 0) is 30.3 Å². The minimum Gasteiger partial charge on any atom is -0.278 e. The van der Waals surface area contributed by atoms with Crippen LogP contribution >= 0.6 is 34.8 Å². The summed E-state index contributed by atoms with van der Waals surface area (Å²) >= 11 is 17.2. The fraction of sp³-hybridized carbons (Fsp3) is 0.143. The Bertz CT molecular complexity index is 957. The average molecular weight is 473 g/mol. The van der Waals surface area contributed by atoms with Gasteiger partial charge in [-0.1, -0.05) is 34.8 Å². The van der Waals surface area contributed by atoms with Gasteiger partial charge in [0.05, 0.1) is 36.8 Å². The standard InChI is InChI=1S/C14H6Cl3F6NO2S/c15-9-4-11(17)12(5-10(9)16)24-27(25,26)8-2-6(13(18,19)20)1-7(3-8)14(21,22)23/h1-5,24H. The highest BCUT2D eigenvalue weighted by molar-refractivity contribution is 7.92. The maximum atomic E-state index is 12.9. The summed E-state index contributed by atoms with van der Waals surface area (Å²) in [6.07, 6.45) is -10.4. The summed E-state index contributed by atoms with van der Waals surface area (Å²) in [7, 11) is -4.87. The molecule has 0 bridgehead atoms. The molecule has 0 heterocycles. The van der Waals surface area contributed by atoms with Gasteiger partial charge in [0.15, 0.2) is 0 Å². The van der Waals surface area contributed by atoms with Crippen LogP contribution in [0.2, 0.25) is 15.1 Å². The number of anilines is 1. The van der Waals surface area contributed by atoms with Gasteiger partial charge in [0.1, 0.15) is 0 Å². The predicted molar refractivity (Wildman–Crippen MR) is 88.7 cm³/mol. The molecule has 0 amide bonds. The molecular weight excluding hydrogens is 467 g/mol. The van der Waals surface area contributed by atoms with Gasteiger partial charge in [-0.15, -0.1) is 0 Å². The number of nitrogens with one attached hydrogen (secondary N) is 1. The van der Waals surface area contributed by atoms with Crippen molar-refractivity contribution in [1.29, 1.82) is 0 Å². The lowest BCUT2D eigenvalue weighted by molar-refractivity contribution is -0.143. The Labute approximate surface area is 163 Å². The number of hydrogen-bond acceptors (Lipinski definition) is 2. The van der Waals surface area contributed by atoms with Crippen LogP contribution < -0.4 is 4.72 Å². The summed E-state index contributed by atoms with van der Waals surface area (Å²) in [4.78, 5) is -1.26. The van der Waals surface area contributed by atoms with Crippen LogP contribution in [0.15, 0.2) is 35.2 Å². The van der Waals surface area contributed by atoms with E-state index in [1.165, 1.54) is 0 Å². The first-order valence-corrected chi connectivity index (χ1v) is 9.20. The van der Waals surface area contributed by atoms with E-state index in [0.717, 1.165) is 12.1 Å². The maximum Gasteiger partial charge on any atom is 0.416 e. The molecule has 27 heavy (non-hydrogen) atoms. The van der Waals surface area contributed by atoms with Gasteiger partial charge in [0.2, 0.25) is 0 Å². The van der Waals surface area contributed by atoms with E-state index in [2.05, 4.69) is 0 Å². The molecule has 13 heteroatoms. The maximum absolute atomic E-state index is 12.9. The summed E-state index contributed by atoms with van der Waals surface area (Å²) < 4.78 is 104. The topological polar surface area (TPSA) is 46.2 Å². The number of halogens is 9. The van der Waals surface area contributed by atoms with Crippen molar-refractivity contribution in [2.24, 2.45) is 0 Å². The van der Waals surface area contributed by atoms with E-state index in [4.69, 9.17) is 34.8 Å². The van der Waals surface area contributed by atoms with Crippen LogP contribution in [-0.4, -0.2) is 8.42 Å². The van der Waals surface area contributed by atoms with Gasteiger partial charge < -0.3 is 0 Å². The van der Waals surface area contributed by atoms with Crippen LogP contribution in [0, 0.1) is 0 Å². The van der Waals surface area contributed by atoms with Crippen molar-refractivity contribution in [3.63, 3.8) is 0 Å². The Morgan fingerprint density at radius 3 is 1.59 bits per heavy atom. The summed E-state index contributed by atoms with van der Waals surface area (Å²) in [5.41, 5.74) is -3.94. The minimum atomic E-state index is -5.20. The van der Waals surface area contributed by atoms with E-state index < -0.39 is 38.4 Å². The molecule has 3 nitrogen and oxygen atoms in total. The number of rotatable bonds is 3. The number of benzene rings is 2. The molecule has 2 rings (SSSR count). The second-order valence-corrected chi connectivity index (χ2v) is 8.00. The molecule has 0 saturated carbocycles. The van der Waals surface area contributed by atoms with Crippen molar-refractivity contribution in [3.05, 3.63) is 56.5 Å². The quantitative estimate of drug-likeness (QED) is 0.410. The zero-order valence-electron chi connectivity index (χ0n) is 12.5. The number of hydrogen-bond donors (Lipinski definition) is 1. The summed E-state index contributed by atoms with van der Waals surface area (Å²) in [5, 5.41) is -0.446. The normalized spacial score (nSPS) is 12.9. The van der Waals surface area contributed by atoms with Gasteiger partial charge in [0.25, 0.3) is 10.0 Å². The molecule has 1 N–H and O–H groups in total. The third-order valence-corrected chi connectivity index (χ3v) is 5.51. The number of alkyl halides is 6. The first kappa shape index (κ1) is 21.9. The Hall–Kier alpha value is -1.36. The second-order valence-electron chi connectivity index (χ2n) is 5.09. The molecule has 0 aromatic heterocycles. The largest absolute Gasteiger partial charge is 0.416 e. The van der Waals surface area contributed by atoms with E-state index >= 15 is 0 Å². The molecule has 0 aliphatic rings. The highest BCUT2D eigenvalue weighted by Crippen LogP contribution is 2.38. The molecule has 2 aromatic carbocycles. The smallest absolute Gasteiger partial charge is 0.278 e. The van der Waals surface area contributed by atoms with Gasteiger partial charge >= 0.3 is 12.4 Å². The molecule has 2 aromatic rings. The van der Waals surface area contributed by atoms with Gasteiger partial charge in [-0.3, -0.25) is 4.72 Å². The van der Waals surface area contributed by atoms with E-state index in [1.807, 2.05) is 0 Å². The van der Waals surface area contributed by atoms with Crippen molar-refractivity contribution < 1.29 is 34.8 Å². The van der Waals surface area contributed by atoms with Crippen LogP contribution in [0.1, 0.15) is 11.1 Å². The molecular formula is C14H6Cl3F6NO2S. The van der Waals surface area contributed by atoms with Crippen LogP contribution in [0.3, 0.4) is 0 Å². The summed E-state index contributed by atoms with van der Waals surface area (Å²) in [6.45, 7) is 0. The van der Waals surface area contributed by atoms with Gasteiger partial charge in [-0.25, -0.2) is 8.42 Å². The molecule has 0 unspecified atom stereocenters. The highest BCUT2D eigenvalue weighted by atomic mass is 35.5. The molecule has 0 aliphatic carbocycles. The number of sulfonamides is 1. The summed E-state index contributed by atoms with van der Waals surface area (Å²) in [6, 6.07) is 1.97.